The first kappa shape index (κ1) is 17.3. The number of hydrogen-bond donors (Lipinski definition) is 1. The van der Waals surface area contributed by atoms with E-state index >= 15 is 0 Å². The van der Waals surface area contributed by atoms with Gasteiger partial charge in [-0.25, -0.2) is 0 Å². The van der Waals surface area contributed by atoms with Gasteiger partial charge in [0.25, 0.3) is 5.91 Å². The number of benzene rings is 1. The summed E-state index contributed by atoms with van der Waals surface area (Å²) in [6, 6.07) is 11.1. The summed E-state index contributed by atoms with van der Waals surface area (Å²) in [7, 11) is 1.53. The van der Waals surface area contributed by atoms with E-state index in [1.807, 2.05) is 35.8 Å². The minimum Gasteiger partial charge on any atom is -0.359 e. The Bertz CT molecular complexity index is 773. The van der Waals surface area contributed by atoms with Crippen molar-refractivity contribution in [1.82, 2.24) is 9.88 Å². The summed E-state index contributed by atoms with van der Waals surface area (Å²) in [5.74, 6) is -0.206. The van der Waals surface area contributed by atoms with E-state index in [9.17, 15) is 9.59 Å². The van der Waals surface area contributed by atoms with E-state index in [-0.39, 0.29) is 23.5 Å². The summed E-state index contributed by atoms with van der Waals surface area (Å²) < 4.78 is 7.96. The molecule has 7 heteroatoms. The van der Waals surface area contributed by atoms with Gasteiger partial charge in [-0.1, -0.05) is 29.5 Å². The molecule has 0 aliphatic carbocycles. The first-order chi connectivity index (χ1) is 11.5. The summed E-state index contributed by atoms with van der Waals surface area (Å²) in [6.07, 6.45) is -0.297. The zero-order chi connectivity index (χ0) is 17.3. The van der Waals surface area contributed by atoms with Crippen LogP contribution in [-0.2, 0) is 9.53 Å². The van der Waals surface area contributed by atoms with E-state index in [1.54, 1.807) is 12.1 Å². The van der Waals surface area contributed by atoms with Crippen LogP contribution >= 0.6 is 27.7 Å². The minimum absolute atomic E-state index is 0.0219. The molecule has 0 bridgehead atoms. The Labute approximate surface area is 152 Å². The van der Waals surface area contributed by atoms with E-state index in [0.717, 1.165) is 15.1 Å². The predicted molar refractivity (Wildman–Crippen MR) is 96.1 cm³/mol. The smallest absolute Gasteiger partial charge is 0.269 e. The summed E-state index contributed by atoms with van der Waals surface area (Å²) in [4.78, 5) is 25.5. The lowest BCUT2D eigenvalue weighted by Gasteiger charge is -2.33. The fourth-order valence-electron chi connectivity index (χ4n) is 2.74. The molecule has 0 spiro atoms. The Morgan fingerprint density at radius 1 is 1.29 bits per heavy atom. The molecule has 1 aliphatic rings. The van der Waals surface area contributed by atoms with Crippen LogP contribution in [0.3, 0.4) is 0 Å². The number of ether oxygens (including phenoxy) is 1. The van der Waals surface area contributed by atoms with Crippen LogP contribution in [0.4, 0.5) is 0 Å². The molecule has 24 heavy (non-hydrogen) atoms. The molecular formula is C17H17BrN2O3S. The lowest BCUT2D eigenvalue weighted by atomic mass is 10.1. The van der Waals surface area contributed by atoms with Crippen molar-refractivity contribution in [1.29, 1.82) is 0 Å². The molecule has 5 nitrogen and oxygen atoms in total. The quantitative estimate of drug-likeness (QED) is 0.786. The lowest BCUT2D eigenvalue weighted by molar-refractivity contribution is -0.113. The van der Waals surface area contributed by atoms with Crippen LogP contribution in [0.5, 0.6) is 0 Å². The maximum atomic E-state index is 12.5. The first-order valence-electron chi connectivity index (χ1n) is 7.47. The van der Waals surface area contributed by atoms with Gasteiger partial charge < -0.3 is 14.6 Å². The van der Waals surface area contributed by atoms with Gasteiger partial charge in [0, 0.05) is 18.4 Å². The van der Waals surface area contributed by atoms with Gasteiger partial charge in [0.05, 0.1) is 10.6 Å². The van der Waals surface area contributed by atoms with E-state index < -0.39 is 6.23 Å². The summed E-state index contributed by atoms with van der Waals surface area (Å²) in [5.41, 5.74) is 1.68. The molecule has 1 aromatic carbocycles. The maximum absolute atomic E-state index is 12.5. The monoisotopic (exact) mass is 408 g/mol. The average Bonchev–Trinajstić information content (AvgIpc) is 2.95. The van der Waals surface area contributed by atoms with Crippen molar-refractivity contribution in [2.45, 2.75) is 30.5 Å². The summed E-state index contributed by atoms with van der Waals surface area (Å²) >= 11 is 4.66. The Morgan fingerprint density at radius 2 is 2.00 bits per heavy atom. The van der Waals surface area contributed by atoms with Gasteiger partial charge in [0.1, 0.15) is 5.69 Å². The van der Waals surface area contributed by atoms with Crippen molar-refractivity contribution in [3.05, 3.63) is 52.3 Å². The topological polar surface area (TPSA) is 60.3 Å². The standard InChI is InChI=1S/C17H17BrN2O3S/c1-10-3-5-11(6-4-10)24-15(21)9-13-17(23-2)19-16(22)12-7-8-14(18)20(12)13/h3-8,13,17H,9H2,1-2H3,(H,19,22)/t13-,17-/m1/s1. The molecule has 126 valence electrons. The number of carbonyl (C=O) groups is 2. The van der Waals surface area contributed by atoms with Crippen molar-refractivity contribution in [3.63, 3.8) is 0 Å². The van der Waals surface area contributed by atoms with E-state index in [2.05, 4.69) is 21.2 Å². The van der Waals surface area contributed by atoms with Gasteiger partial charge in [-0.2, -0.15) is 0 Å². The van der Waals surface area contributed by atoms with Gasteiger partial charge in [0.2, 0.25) is 0 Å². The molecule has 2 aromatic rings. The molecule has 0 saturated carbocycles. The average molecular weight is 409 g/mol. The Hall–Kier alpha value is -1.57. The Balaban J connectivity index is 1.80. The molecule has 2 heterocycles. The van der Waals surface area contributed by atoms with Crippen LogP contribution in [0, 0.1) is 6.92 Å². The molecular weight excluding hydrogens is 392 g/mol. The van der Waals surface area contributed by atoms with Crippen LogP contribution in [0.25, 0.3) is 0 Å². The minimum atomic E-state index is -0.545. The van der Waals surface area contributed by atoms with Gasteiger partial charge in [0.15, 0.2) is 11.3 Å². The normalized spacial score (nSPS) is 19.7. The van der Waals surface area contributed by atoms with Gasteiger partial charge in [-0.3, -0.25) is 9.59 Å². The number of rotatable bonds is 4. The fourth-order valence-corrected chi connectivity index (χ4v) is 4.12. The zero-order valence-electron chi connectivity index (χ0n) is 13.3. The highest BCUT2D eigenvalue weighted by Gasteiger charge is 2.36. The second kappa shape index (κ2) is 7.13. The van der Waals surface area contributed by atoms with E-state index in [4.69, 9.17) is 4.74 Å². The van der Waals surface area contributed by atoms with E-state index in [0.29, 0.717) is 5.69 Å². The number of aromatic nitrogens is 1. The highest BCUT2D eigenvalue weighted by Crippen LogP contribution is 2.33. The number of halogens is 1. The molecule has 1 aliphatic heterocycles. The van der Waals surface area contributed by atoms with E-state index in [1.165, 1.54) is 18.9 Å². The molecule has 1 amide bonds. The third kappa shape index (κ3) is 3.43. The van der Waals surface area contributed by atoms with Crippen molar-refractivity contribution < 1.29 is 14.3 Å². The highest BCUT2D eigenvalue weighted by molar-refractivity contribution is 9.10. The number of nitrogens with one attached hydrogen (secondary N) is 1. The van der Waals surface area contributed by atoms with Gasteiger partial charge in [-0.15, -0.1) is 0 Å². The second-order valence-corrected chi connectivity index (χ2v) is 7.54. The number of fused-ring (bicyclic) bond motifs is 1. The largest absolute Gasteiger partial charge is 0.359 e. The summed E-state index contributed by atoms with van der Waals surface area (Å²) in [5, 5.41) is 2.82. The number of thioether (sulfide) groups is 1. The number of carbonyl (C=O) groups excluding carboxylic acids is 2. The number of methoxy groups -OCH3 is 1. The zero-order valence-corrected chi connectivity index (χ0v) is 15.7. The van der Waals surface area contributed by atoms with Crippen LogP contribution in [0.2, 0.25) is 0 Å². The van der Waals surface area contributed by atoms with Gasteiger partial charge in [-0.05, 0) is 47.1 Å². The van der Waals surface area contributed by atoms with Crippen molar-refractivity contribution >= 4 is 38.7 Å². The van der Waals surface area contributed by atoms with Crippen LogP contribution in [0.1, 0.15) is 28.5 Å². The van der Waals surface area contributed by atoms with Gasteiger partial charge >= 0.3 is 0 Å². The fraction of sp³-hybridized carbons (Fsp3) is 0.294. The lowest BCUT2D eigenvalue weighted by Crippen LogP contribution is -2.49. The van der Waals surface area contributed by atoms with Crippen molar-refractivity contribution in [3.8, 4) is 0 Å². The molecule has 0 unspecified atom stereocenters. The number of amides is 1. The summed E-state index contributed by atoms with van der Waals surface area (Å²) in [6.45, 7) is 2.01. The SMILES string of the molecule is CO[C@H]1NC(=O)c2ccc(Br)n2[C@@H]1CC(=O)Sc1ccc(C)cc1. The Morgan fingerprint density at radius 3 is 2.67 bits per heavy atom. The Kier molecular flexibility index (Phi) is 5.12. The number of hydrogen-bond acceptors (Lipinski definition) is 4. The number of nitrogens with zero attached hydrogens (tertiary/aromatic N) is 1. The predicted octanol–water partition coefficient (Wildman–Crippen LogP) is 3.53. The molecule has 3 rings (SSSR count). The maximum Gasteiger partial charge on any atom is 0.269 e. The molecule has 0 saturated heterocycles. The first-order valence-corrected chi connectivity index (χ1v) is 9.08. The molecule has 0 radical (unpaired) electrons. The van der Waals surface area contributed by atoms with Crippen LogP contribution < -0.4 is 5.32 Å². The molecule has 2 atom stereocenters. The number of aryl methyl sites for hydroxylation is 1. The highest BCUT2D eigenvalue weighted by atomic mass is 79.9. The second-order valence-electron chi connectivity index (χ2n) is 5.60. The molecule has 0 fully saturated rings. The van der Waals surface area contributed by atoms with Crippen LogP contribution in [0.15, 0.2) is 45.9 Å². The van der Waals surface area contributed by atoms with Crippen LogP contribution in [-0.4, -0.2) is 28.9 Å². The van der Waals surface area contributed by atoms with Crippen molar-refractivity contribution in [2.24, 2.45) is 0 Å². The van der Waals surface area contributed by atoms with Crippen molar-refractivity contribution in [2.75, 3.05) is 7.11 Å². The molecule has 1 N–H and O–H groups in total. The molecule has 1 aromatic heterocycles. The third-order valence-corrected chi connectivity index (χ3v) is 5.49. The third-order valence-electron chi connectivity index (χ3n) is 3.94.